The van der Waals surface area contributed by atoms with Gasteiger partial charge < -0.3 is 5.32 Å². The number of nitrogens with zero attached hydrogens (tertiary/aromatic N) is 2. The van der Waals surface area contributed by atoms with Crippen molar-refractivity contribution in [1.29, 1.82) is 0 Å². The van der Waals surface area contributed by atoms with Crippen LogP contribution < -0.4 is 5.32 Å². The molecule has 0 saturated heterocycles. The van der Waals surface area contributed by atoms with Crippen molar-refractivity contribution >= 4 is 32.5 Å². The van der Waals surface area contributed by atoms with Crippen LogP contribution in [-0.2, 0) is 10.0 Å². The number of pyridine rings is 1. The van der Waals surface area contributed by atoms with E-state index in [2.05, 4.69) is 10.3 Å². The molecule has 3 aromatic rings. The molecular formula is C21H23N3O3S. The van der Waals surface area contributed by atoms with Gasteiger partial charge in [0.1, 0.15) is 0 Å². The molecule has 0 unspecified atom stereocenters. The average Bonchev–Trinajstić information content (AvgIpc) is 2.71. The molecule has 0 fully saturated rings. The molecule has 0 aliphatic heterocycles. The number of carbonyl (C=O) groups is 1. The number of anilines is 1. The molecule has 6 nitrogen and oxygen atoms in total. The van der Waals surface area contributed by atoms with Crippen LogP contribution >= 0.6 is 0 Å². The summed E-state index contributed by atoms with van der Waals surface area (Å²) in [7, 11) is -1.95. The molecule has 1 aromatic heterocycles. The predicted octanol–water partition coefficient (Wildman–Crippen LogP) is 3.91. The van der Waals surface area contributed by atoms with Gasteiger partial charge in [0.05, 0.1) is 16.0 Å². The van der Waals surface area contributed by atoms with E-state index in [1.54, 1.807) is 37.5 Å². The van der Waals surface area contributed by atoms with Gasteiger partial charge in [-0.25, -0.2) is 12.7 Å². The van der Waals surface area contributed by atoms with Gasteiger partial charge in [-0.2, -0.15) is 0 Å². The van der Waals surface area contributed by atoms with E-state index in [0.717, 1.165) is 18.2 Å². The van der Waals surface area contributed by atoms with Gasteiger partial charge in [0.15, 0.2) is 0 Å². The van der Waals surface area contributed by atoms with Crippen LogP contribution in [0.1, 0.15) is 30.1 Å². The molecule has 0 atom stereocenters. The van der Waals surface area contributed by atoms with Gasteiger partial charge >= 0.3 is 0 Å². The fourth-order valence-electron chi connectivity index (χ4n) is 2.88. The molecule has 146 valence electrons. The lowest BCUT2D eigenvalue weighted by Crippen LogP contribution is -2.27. The molecule has 3 rings (SSSR count). The van der Waals surface area contributed by atoms with Crippen molar-refractivity contribution < 1.29 is 13.2 Å². The number of rotatable bonds is 7. The minimum atomic E-state index is -3.53. The van der Waals surface area contributed by atoms with E-state index in [1.807, 2.05) is 25.1 Å². The Labute approximate surface area is 165 Å². The third-order valence-electron chi connectivity index (χ3n) is 4.52. The number of hydrogen-bond acceptors (Lipinski definition) is 4. The summed E-state index contributed by atoms with van der Waals surface area (Å²) >= 11 is 0. The Morgan fingerprint density at radius 1 is 1.07 bits per heavy atom. The molecule has 1 heterocycles. The summed E-state index contributed by atoms with van der Waals surface area (Å²) in [5.74, 6) is -0.292. The fraction of sp³-hybridized carbons (Fsp3) is 0.238. The van der Waals surface area contributed by atoms with Crippen LogP contribution in [0, 0.1) is 0 Å². The lowest BCUT2D eigenvalue weighted by Gasteiger charge is -2.17. The van der Waals surface area contributed by atoms with Crippen molar-refractivity contribution in [1.82, 2.24) is 9.29 Å². The van der Waals surface area contributed by atoms with Crippen molar-refractivity contribution in [2.45, 2.75) is 24.7 Å². The molecular weight excluding hydrogens is 374 g/mol. The van der Waals surface area contributed by atoms with Gasteiger partial charge in [0.25, 0.3) is 5.91 Å². The second-order valence-corrected chi connectivity index (χ2v) is 8.58. The highest BCUT2D eigenvalue weighted by atomic mass is 32.2. The number of unbranched alkanes of at least 4 members (excludes halogenated alkanes) is 1. The maximum atomic E-state index is 12.7. The number of benzene rings is 2. The van der Waals surface area contributed by atoms with Crippen LogP contribution in [0.4, 0.5) is 5.69 Å². The minimum Gasteiger partial charge on any atom is -0.322 e. The summed E-state index contributed by atoms with van der Waals surface area (Å²) in [6, 6.07) is 15.3. The zero-order valence-electron chi connectivity index (χ0n) is 15.9. The Kier molecular flexibility index (Phi) is 6.06. The third kappa shape index (κ3) is 4.21. The molecule has 28 heavy (non-hydrogen) atoms. The largest absolute Gasteiger partial charge is 0.322 e. The summed E-state index contributed by atoms with van der Waals surface area (Å²) in [4.78, 5) is 17.2. The number of carbonyl (C=O) groups excluding carboxylic acids is 1. The second-order valence-electron chi connectivity index (χ2n) is 6.54. The number of sulfonamides is 1. The third-order valence-corrected chi connectivity index (χ3v) is 6.40. The molecule has 0 aliphatic rings. The molecule has 0 saturated carbocycles. The van der Waals surface area contributed by atoms with Crippen molar-refractivity contribution in [3.8, 4) is 0 Å². The standard InChI is InChI=1S/C21H23N3O3S/c1-3-4-15-24(2)28(26,27)18-12-10-17(11-13-18)23-21(25)19-9-5-7-16-8-6-14-22-20(16)19/h5-14H,3-4,15H2,1-2H3,(H,23,25). The lowest BCUT2D eigenvalue weighted by molar-refractivity contribution is 0.102. The highest BCUT2D eigenvalue weighted by Gasteiger charge is 2.20. The summed E-state index contributed by atoms with van der Waals surface area (Å²) < 4.78 is 26.5. The Morgan fingerprint density at radius 2 is 1.79 bits per heavy atom. The molecule has 0 bridgehead atoms. The van der Waals surface area contributed by atoms with E-state index in [-0.39, 0.29) is 10.8 Å². The quantitative estimate of drug-likeness (QED) is 0.656. The van der Waals surface area contributed by atoms with Crippen molar-refractivity contribution in [3.63, 3.8) is 0 Å². The van der Waals surface area contributed by atoms with E-state index in [0.29, 0.717) is 23.3 Å². The maximum Gasteiger partial charge on any atom is 0.257 e. The summed E-state index contributed by atoms with van der Waals surface area (Å²) in [6.07, 6.45) is 3.38. The van der Waals surface area contributed by atoms with Crippen molar-refractivity contribution in [2.75, 3.05) is 18.9 Å². The zero-order valence-corrected chi connectivity index (χ0v) is 16.7. The fourth-order valence-corrected chi connectivity index (χ4v) is 4.09. The van der Waals surface area contributed by atoms with Crippen molar-refractivity contribution in [3.05, 3.63) is 66.4 Å². The van der Waals surface area contributed by atoms with Gasteiger partial charge in [-0.3, -0.25) is 9.78 Å². The Bertz CT molecular complexity index is 1070. The highest BCUT2D eigenvalue weighted by molar-refractivity contribution is 7.89. The van der Waals surface area contributed by atoms with E-state index >= 15 is 0 Å². The summed E-state index contributed by atoms with van der Waals surface area (Å²) in [5.41, 5.74) is 1.61. The second kappa shape index (κ2) is 8.50. The Morgan fingerprint density at radius 3 is 2.50 bits per heavy atom. The number of fused-ring (bicyclic) bond motifs is 1. The average molecular weight is 398 g/mol. The van der Waals surface area contributed by atoms with Gasteiger partial charge in [-0.15, -0.1) is 0 Å². The van der Waals surface area contributed by atoms with E-state index in [4.69, 9.17) is 0 Å². The monoisotopic (exact) mass is 397 g/mol. The first kappa shape index (κ1) is 20.0. The van der Waals surface area contributed by atoms with Crippen molar-refractivity contribution in [2.24, 2.45) is 0 Å². The van der Waals surface area contributed by atoms with Gasteiger partial charge in [0, 0.05) is 30.9 Å². The van der Waals surface area contributed by atoms with E-state index < -0.39 is 10.0 Å². The van der Waals surface area contributed by atoms with Gasteiger partial charge in [-0.1, -0.05) is 31.5 Å². The first-order chi connectivity index (χ1) is 13.4. The minimum absolute atomic E-state index is 0.205. The first-order valence-corrected chi connectivity index (χ1v) is 10.6. The first-order valence-electron chi connectivity index (χ1n) is 9.15. The SMILES string of the molecule is CCCCN(C)S(=O)(=O)c1ccc(NC(=O)c2cccc3cccnc23)cc1. The normalized spacial score (nSPS) is 11.7. The van der Waals surface area contributed by atoms with Crippen LogP contribution in [0.3, 0.4) is 0 Å². The van der Waals surface area contributed by atoms with Crippen LogP contribution in [0.5, 0.6) is 0 Å². The molecule has 1 amide bonds. The molecule has 1 N–H and O–H groups in total. The smallest absolute Gasteiger partial charge is 0.257 e. The topological polar surface area (TPSA) is 79.4 Å². The maximum absolute atomic E-state index is 12.7. The van der Waals surface area contributed by atoms with Gasteiger partial charge in [0.2, 0.25) is 10.0 Å². The number of aromatic nitrogens is 1. The van der Waals surface area contributed by atoms with Crippen LogP contribution in [0.25, 0.3) is 10.9 Å². The molecule has 0 radical (unpaired) electrons. The zero-order chi connectivity index (χ0) is 20.1. The number of para-hydroxylation sites is 1. The van der Waals surface area contributed by atoms with Gasteiger partial charge in [-0.05, 0) is 42.8 Å². The van der Waals surface area contributed by atoms with E-state index in [9.17, 15) is 13.2 Å². The molecule has 0 aliphatic carbocycles. The van der Waals surface area contributed by atoms with Crippen LogP contribution in [0.2, 0.25) is 0 Å². The number of amides is 1. The highest BCUT2D eigenvalue weighted by Crippen LogP contribution is 2.20. The predicted molar refractivity (Wildman–Crippen MR) is 111 cm³/mol. The Hall–Kier alpha value is -2.77. The summed E-state index contributed by atoms with van der Waals surface area (Å²) in [6.45, 7) is 2.49. The molecule has 7 heteroatoms. The summed E-state index contributed by atoms with van der Waals surface area (Å²) in [5, 5.41) is 3.69. The Balaban J connectivity index is 1.78. The lowest BCUT2D eigenvalue weighted by atomic mass is 10.1. The molecule has 0 spiro atoms. The van der Waals surface area contributed by atoms with Crippen LogP contribution in [-0.4, -0.2) is 37.2 Å². The number of hydrogen-bond donors (Lipinski definition) is 1. The number of nitrogens with one attached hydrogen (secondary N) is 1. The van der Waals surface area contributed by atoms with Crippen LogP contribution in [0.15, 0.2) is 65.7 Å². The molecule has 2 aromatic carbocycles. The van der Waals surface area contributed by atoms with E-state index in [1.165, 1.54) is 16.4 Å².